The van der Waals surface area contributed by atoms with Crippen LogP contribution in [0, 0.1) is 5.82 Å². The lowest BCUT2D eigenvalue weighted by atomic mass is 9.83. The van der Waals surface area contributed by atoms with Gasteiger partial charge in [0.25, 0.3) is 0 Å². The molecular weight excluding hydrogens is 286 g/mol. The molecule has 0 unspecified atom stereocenters. The number of aliphatic hydroxyl groups is 1. The Labute approximate surface area is 121 Å². The summed E-state index contributed by atoms with van der Waals surface area (Å²) >= 11 is 0. The molecule has 1 aliphatic rings. The van der Waals surface area contributed by atoms with Gasteiger partial charge in [0, 0.05) is 13.1 Å². The van der Waals surface area contributed by atoms with E-state index < -0.39 is 23.2 Å². The minimum absolute atomic E-state index is 0.0194. The minimum Gasteiger partial charge on any atom is -0.385 e. The summed E-state index contributed by atoms with van der Waals surface area (Å²) in [5.74, 6) is -0.968. The van der Waals surface area contributed by atoms with Crippen LogP contribution in [0.15, 0.2) is 18.2 Å². The third-order valence-electron chi connectivity index (χ3n) is 3.99. The third-order valence-corrected chi connectivity index (χ3v) is 3.99. The Morgan fingerprint density at radius 1 is 1.19 bits per heavy atom. The molecule has 0 aliphatic carbocycles. The molecule has 6 heteroatoms. The average Bonchev–Trinajstić information content (AvgIpc) is 2.40. The molecule has 0 bridgehead atoms. The highest BCUT2D eigenvalue weighted by Gasteiger charge is 2.37. The van der Waals surface area contributed by atoms with Crippen LogP contribution < -0.4 is 0 Å². The molecule has 118 valence electrons. The van der Waals surface area contributed by atoms with Crippen LogP contribution in [0.1, 0.15) is 37.3 Å². The Bertz CT molecular complexity index is 493. The van der Waals surface area contributed by atoms with Gasteiger partial charge in [-0.15, -0.1) is 0 Å². The highest BCUT2D eigenvalue weighted by Crippen LogP contribution is 2.37. The van der Waals surface area contributed by atoms with Crippen molar-refractivity contribution < 1.29 is 22.7 Å². The summed E-state index contributed by atoms with van der Waals surface area (Å²) in [6, 6.07) is 2.32. The van der Waals surface area contributed by atoms with Gasteiger partial charge in [0.15, 0.2) is 0 Å². The molecule has 0 radical (unpaired) electrons. The number of hydrogen-bond acceptors (Lipinski definition) is 2. The van der Waals surface area contributed by atoms with Gasteiger partial charge < -0.3 is 10.0 Å². The summed E-state index contributed by atoms with van der Waals surface area (Å²) in [6.07, 6.45) is -3.01. The van der Waals surface area contributed by atoms with Gasteiger partial charge in [-0.25, -0.2) is 4.39 Å². The number of halogens is 4. The molecule has 0 amide bonds. The van der Waals surface area contributed by atoms with Crippen LogP contribution in [-0.4, -0.2) is 29.6 Å². The van der Waals surface area contributed by atoms with Crippen molar-refractivity contribution in [2.24, 2.45) is 0 Å². The summed E-state index contributed by atoms with van der Waals surface area (Å²) in [4.78, 5) is 2.15. The van der Waals surface area contributed by atoms with Crippen LogP contribution >= 0.6 is 0 Å². The monoisotopic (exact) mass is 305 g/mol. The molecule has 1 aromatic rings. The Kier molecular flexibility index (Phi) is 4.58. The summed E-state index contributed by atoms with van der Waals surface area (Å²) in [5, 5.41) is 10.6. The molecule has 0 aromatic heterocycles. The first kappa shape index (κ1) is 16.2. The van der Waals surface area contributed by atoms with E-state index >= 15 is 0 Å². The number of likely N-dealkylation sites (tertiary alicyclic amines) is 1. The SMILES string of the molecule is CCCN1CCC(O)(c2cc(F)cc(C(F)(F)F)c2)CC1. The lowest BCUT2D eigenvalue weighted by Crippen LogP contribution is -2.42. The molecule has 1 aromatic carbocycles. The van der Waals surface area contributed by atoms with Crippen LogP contribution in [-0.2, 0) is 11.8 Å². The normalized spacial score (nSPS) is 19.7. The zero-order valence-corrected chi connectivity index (χ0v) is 11.9. The number of piperidine rings is 1. The van der Waals surface area contributed by atoms with Gasteiger partial charge in [0.1, 0.15) is 5.82 Å². The standard InChI is InChI=1S/C15H19F4NO/c1-2-5-20-6-3-14(21,4-7-20)11-8-12(15(17,18)19)10-13(16)9-11/h8-10,21H,2-7H2,1H3. The molecule has 0 spiro atoms. The fourth-order valence-corrected chi connectivity index (χ4v) is 2.77. The largest absolute Gasteiger partial charge is 0.416 e. The molecule has 21 heavy (non-hydrogen) atoms. The van der Waals surface area contributed by atoms with Crippen LogP contribution in [0.2, 0.25) is 0 Å². The number of rotatable bonds is 3. The van der Waals surface area contributed by atoms with E-state index in [0.29, 0.717) is 32.0 Å². The second kappa shape index (κ2) is 5.93. The molecule has 1 heterocycles. The predicted octanol–water partition coefficient (Wildman–Crippen LogP) is 3.54. The van der Waals surface area contributed by atoms with Gasteiger partial charge in [0.05, 0.1) is 11.2 Å². The van der Waals surface area contributed by atoms with Gasteiger partial charge in [-0.2, -0.15) is 13.2 Å². The number of benzene rings is 1. The molecule has 2 rings (SSSR count). The van der Waals surface area contributed by atoms with Gasteiger partial charge in [0.2, 0.25) is 0 Å². The lowest BCUT2D eigenvalue weighted by Gasteiger charge is -2.38. The molecule has 0 atom stereocenters. The van der Waals surface area contributed by atoms with Crippen molar-refractivity contribution in [1.82, 2.24) is 4.90 Å². The van der Waals surface area contributed by atoms with Crippen molar-refractivity contribution in [3.8, 4) is 0 Å². The Hall–Kier alpha value is -1.14. The van der Waals surface area contributed by atoms with Crippen molar-refractivity contribution >= 4 is 0 Å². The molecule has 2 nitrogen and oxygen atoms in total. The molecule has 1 N–H and O–H groups in total. The Balaban J connectivity index is 2.24. The number of nitrogens with zero attached hydrogens (tertiary/aromatic N) is 1. The highest BCUT2D eigenvalue weighted by atomic mass is 19.4. The van der Waals surface area contributed by atoms with E-state index in [4.69, 9.17) is 0 Å². The summed E-state index contributed by atoms with van der Waals surface area (Å²) in [7, 11) is 0. The maximum atomic E-state index is 13.5. The van der Waals surface area contributed by atoms with Crippen LogP contribution in [0.3, 0.4) is 0 Å². The molecule has 0 saturated carbocycles. The first-order chi connectivity index (χ1) is 9.74. The van der Waals surface area contributed by atoms with E-state index in [1.165, 1.54) is 0 Å². The van der Waals surface area contributed by atoms with E-state index in [1.54, 1.807) is 0 Å². The average molecular weight is 305 g/mol. The second-order valence-electron chi connectivity index (χ2n) is 5.60. The van der Waals surface area contributed by atoms with E-state index in [0.717, 1.165) is 25.1 Å². The maximum absolute atomic E-state index is 13.5. The van der Waals surface area contributed by atoms with Crippen molar-refractivity contribution in [2.45, 2.75) is 38.0 Å². The van der Waals surface area contributed by atoms with Crippen LogP contribution in [0.4, 0.5) is 17.6 Å². The van der Waals surface area contributed by atoms with Gasteiger partial charge in [-0.1, -0.05) is 6.92 Å². The first-order valence-electron chi connectivity index (χ1n) is 7.07. The van der Waals surface area contributed by atoms with Gasteiger partial charge >= 0.3 is 6.18 Å². The van der Waals surface area contributed by atoms with Gasteiger partial charge in [-0.05, 0) is 49.6 Å². The quantitative estimate of drug-likeness (QED) is 0.864. The van der Waals surface area contributed by atoms with Crippen molar-refractivity contribution in [2.75, 3.05) is 19.6 Å². The van der Waals surface area contributed by atoms with Crippen LogP contribution in [0.25, 0.3) is 0 Å². The van der Waals surface area contributed by atoms with Gasteiger partial charge in [-0.3, -0.25) is 0 Å². The van der Waals surface area contributed by atoms with Crippen molar-refractivity contribution in [3.63, 3.8) is 0 Å². The predicted molar refractivity (Wildman–Crippen MR) is 71.3 cm³/mol. The van der Waals surface area contributed by atoms with E-state index in [2.05, 4.69) is 4.90 Å². The van der Waals surface area contributed by atoms with Crippen molar-refractivity contribution in [1.29, 1.82) is 0 Å². The molecule has 1 aliphatic heterocycles. The van der Waals surface area contributed by atoms with E-state index in [1.807, 2.05) is 6.92 Å². The second-order valence-corrected chi connectivity index (χ2v) is 5.60. The maximum Gasteiger partial charge on any atom is 0.416 e. The fourth-order valence-electron chi connectivity index (χ4n) is 2.77. The summed E-state index contributed by atoms with van der Waals surface area (Å²) in [5.41, 5.74) is -2.42. The topological polar surface area (TPSA) is 23.5 Å². The molecule has 1 fully saturated rings. The minimum atomic E-state index is -4.61. The first-order valence-corrected chi connectivity index (χ1v) is 7.07. The Morgan fingerprint density at radius 3 is 2.33 bits per heavy atom. The highest BCUT2D eigenvalue weighted by molar-refractivity contribution is 5.31. The van der Waals surface area contributed by atoms with Crippen LogP contribution in [0.5, 0.6) is 0 Å². The van der Waals surface area contributed by atoms with E-state index in [-0.39, 0.29) is 5.56 Å². The smallest absolute Gasteiger partial charge is 0.385 e. The summed E-state index contributed by atoms with van der Waals surface area (Å²) < 4.78 is 51.7. The molecular formula is C15H19F4NO. The zero-order valence-electron chi connectivity index (χ0n) is 11.9. The number of hydrogen-bond donors (Lipinski definition) is 1. The lowest BCUT2D eigenvalue weighted by molar-refractivity contribution is -0.138. The van der Waals surface area contributed by atoms with Crippen molar-refractivity contribution in [3.05, 3.63) is 35.1 Å². The molecule has 1 saturated heterocycles. The van der Waals surface area contributed by atoms with E-state index in [9.17, 15) is 22.7 Å². The third kappa shape index (κ3) is 3.74. The fraction of sp³-hybridized carbons (Fsp3) is 0.600. The number of alkyl halides is 3. The zero-order chi connectivity index (χ0) is 15.7. The Morgan fingerprint density at radius 2 is 1.81 bits per heavy atom. The summed E-state index contributed by atoms with van der Waals surface area (Å²) in [6.45, 7) is 4.14.